The number of benzene rings is 4. The minimum Gasteiger partial charge on any atom is -0.497 e. The van der Waals surface area contributed by atoms with Crippen LogP contribution in [0.1, 0.15) is 48.8 Å². The summed E-state index contributed by atoms with van der Waals surface area (Å²) >= 11 is 0. The number of carbonyl (C=O) groups excluding carboxylic acids is 2. The van der Waals surface area contributed by atoms with Gasteiger partial charge in [-0.15, -0.1) is 0 Å². The molecular weight excluding hydrogens is 629 g/mol. The molecule has 0 spiro atoms. The molecule has 1 saturated carbocycles. The van der Waals surface area contributed by atoms with Crippen molar-refractivity contribution in [3.8, 4) is 5.75 Å². The first-order chi connectivity index (χ1) is 23.2. The summed E-state index contributed by atoms with van der Waals surface area (Å²) in [6.45, 7) is 1.40. The molecule has 4 aromatic carbocycles. The Bertz CT molecular complexity index is 1780. The van der Waals surface area contributed by atoms with Crippen LogP contribution >= 0.6 is 0 Å². The Kier molecular flexibility index (Phi) is 11.5. The number of aryl methyl sites for hydroxylation is 1. The van der Waals surface area contributed by atoms with Crippen LogP contribution in [-0.2, 0) is 32.6 Å². The van der Waals surface area contributed by atoms with Crippen LogP contribution in [0.3, 0.4) is 0 Å². The summed E-state index contributed by atoms with van der Waals surface area (Å²) < 4.78 is 48.6. The highest BCUT2D eigenvalue weighted by Gasteiger charge is 2.35. The summed E-state index contributed by atoms with van der Waals surface area (Å²) in [7, 11) is -2.84. The molecule has 10 heteroatoms. The number of sulfonamides is 1. The number of hydrogen-bond acceptors (Lipinski definition) is 5. The standard InChI is InChI=1S/C38H42FN3O5S/c1-28-11-9-10-14-30(28)26-41(36(25-29-12-5-3-6-13-29)38(44)40-32-15-7-4-8-16-32)37(43)27-42(33-19-17-31(39)18-20-33)48(45,46)35-23-21-34(47-2)22-24-35/h3,5-6,9-14,17-24,32,36H,4,7-8,15-16,25-27H2,1-2H3,(H,40,44)/t36-/m1/s1. The zero-order valence-corrected chi connectivity index (χ0v) is 28.2. The lowest BCUT2D eigenvalue weighted by molar-refractivity contribution is -0.140. The maximum absolute atomic E-state index is 14.7. The Labute approximate surface area is 282 Å². The van der Waals surface area contributed by atoms with Crippen molar-refractivity contribution in [3.63, 3.8) is 0 Å². The lowest BCUT2D eigenvalue weighted by Gasteiger charge is -2.35. The van der Waals surface area contributed by atoms with Crippen LogP contribution in [0.2, 0.25) is 0 Å². The van der Waals surface area contributed by atoms with Crippen molar-refractivity contribution in [3.05, 3.63) is 126 Å². The van der Waals surface area contributed by atoms with Crippen molar-refractivity contribution >= 4 is 27.5 Å². The SMILES string of the molecule is COc1ccc(S(=O)(=O)N(CC(=O)N(Cc2ccccc2C)[C@H](Cc2ccccc2)C(=O)NC2CCCCC2)c2ccc(F)cc2)cc1. The second-order valence-corrected chi connectivity index (χ2v) is 14.0. The van der Waals surface area contributed by atoms with E-state index in [4.69, 9.17) is 4.74 Å². The Hall–Kier alpha value is -4.70. The molecule has 252 valence electrons. The Morgan fingerprint density at radius 3 is 2.17 bits per heavy atom. The highest BCUT2D eigenvalue weighted by atomic mass is 32.2. The topological polar surface area (TPSA) is 96.0 Å². The van der Waals surface area contributed by atoms with Crippen LogP contribution in [0.25, 0.3) is 0 Å². The fourth-order valence-electron chi connectivity index (χ4n) is 6.08. The number of nitrogens with zero attached hydrogens (tertiary/aromatic N) is 2. The maximum Gasteiger partial charge on any atom is 0.264 e. The van der Waals surface area contributed by atoms with Crippen LogP contribution in [0.15, 0.2) is 108 Å². The fourth-order valence-corrected chi connectivity index (χ4v) is 7.49. The Balaban J connectivity index is 1.56. The fraction of sp³-hybridized carbons (Fsp3) is 0.316. The normalized spacial score (nSPS) is 14.1. The quantitative estimate of drug-likeness (QED) is 0.177. The molecule has 0 aromatic heterocycles. The first-order valence-corrected chi connectivity index (χ1v) is 17.7. The van der Waals surface area contributed by atoms with Crippen LogP contribution in [0.4, 0.5) is 10.1 Å². The molecule has 5 rings (SSSR count). The molecule has 0 radical (unpaired) electrons. The van der Waals surface area contributed by atoms with Crippen LogP contribution in [-0.4, -0.2) is 50.9 Å². The molecule has 1 atom stereocenters. The predicted molar refractivity (Wildman–Crippen MR) is 185 cm³/mol. The number of hydrogen-bond donors (Lipinski definition) is 1. The van der Waals surface area contributed by atoms with E-state index in [1.165, 1.54) is 48.4 Å². The van der Waals surface area contributed by atoms with E-state index in [-0.39, 0.29) is 35.5 Å². The smallest absolute Gasteiger partial charge is 0.264 e. The number of carbonyl (C=O) groups is 2. The highest BCUT2D eigenvalue weighted by molar-refractivity contribution is 7.92. The summed E-state index contributed by atoms with van der Waals surface area (Å²) in [5.41, 5.74) is 2.75. The van der Waals surface area contributed by atoms with Gasteiger partial charge in [-0.1, -0.05) is 73.9 Å². The van der Waals surface area contributed by atoms with E-state index in [1.807, 2.05) is 61.5 Å². The van der Waals surface area contributed by atoms with Gasteiger partial charge < -0.3 is 15.0 Å². The molecule has 1 fully saturated rings. The predicted octanol–water partition coefficient (Wildman–Crippen LogP) is 6.43. The number of methoxy groups -OCH3 is 1. The van der Waals surface area contributed by atoms with Crippen molar-refractivity contribution in [2.24, 2.45) is 0 Å². The van der Waals surface area contributed by atoms with Gasteiger partial charge in [0.05, 0.1) is 17.7 Å². The summed E-state index contributed by atoms with van der Waals surface area (Å²) in [5, 5.41) is 3.21. The van der Waals surface area contributed by atoms with Crippen molar-refractivity contribution in [1.29, 1.82) is 0 Å². The summed E-state index contributed by atoms with van der Waals surface area (Å²) in [5.74, 6) is -0.927. The number of amides is 2. The van der Waals surface area contributed by atoms with E-state index in [0.29, 0.717) is 5.75 Å². The first-order valence-electron chi connectivity index (χ1n) is 16.3. The minimum atomic E-state index is -4.32. The molecule has 1 aliphatic rings. The van der Waals surface area contributed by atoms with Gasteiger partial charge in [0.2, 0.25) is 11.8 Å². The zero-order chi connectivity index (χ0) is 34.1. The third-order valence-electron chi connectivity index (χ3n) is 8.87. The van der Waals surface area contributed by atoms with E-state index >= 15 is 0 Å². The molecule has 1 aliphatic carbocycles. The van der Waals surface area contributed by atoms with Crippen molar-refractivity contribution < 1.29 is 27.1 Å². The molecule has 8 nitrogen and oxygen atoms in total. The second-order valence-electron chi connectivity index (χ2n) is 12.2. The number of anilines is 1. The average molecular weight is 672 g/mol. The Morgan fingerprint density at radius 1 is 0.875 bits per heavy atom. The van der Waals surface area contributed by atoms with Crippen LogP contribution in [0, 0.1) is 12.7 Å². The molecule has 0 unspecified atom stereocenters. The molecule has 0 bridgehead atoms. The lowest BCUT2D eigenvalue weighted by Crippen LogP contribution is -2.55. The van der Waals surface area contributed by atoms with Gasteiger partial charge in [-0.25, -0.2) is 12.8 Å². The number of nitrogens with one attached hydrogen (secondary N) is 1. The highest BCUT2D eigenvalue weighted by Crippen LogP contribution is 2.27. The van der Waals surface area contributed by atoms with E-state index < -0.39 is 34.3 Å². The van der Waals surface area contributed by atoms with Gasteiger partial charge in [0.25, 0.3) is 10.0 Å². The minimum absolute atomic E-state index is 0.00565. The van der Waals surface area contributed by atoms with E-state index in [1.54, 1.807) is 0 Å². The molecule has 0 aliphatic heterocycles. The summed E-state index contributed by atoms with van der Waals surface area (Å²) in [6, 6.07) is 27.0. The summed E-state index contributed by atoms with van der Waals surface area (Å²) in [4.78, 5) is 30.3. The molecule has 0 heterocycles. The average Bonchev–Trinajstić information content (AvgIpc) is 3.10. The van der Waals surface area contributed by atoms with E-state index in [0.717, 1.165) is 65.2 Å². The third kappa shape index (κ3) is 8.60. The third-order valence-corrected chi connectivity index (χ3v) is 10.7. The molecule has 48 heavy (non-hydrogen) atoms. The van der Waals surface area contributed by atoms with Crippen molar-refractivity contribution in [2.75, 3.05) is 18.0 Å². The summed E-state index contributed by atoms with van der Waals surface area (Å²) in [6.07, 6.45) is 5.15. The van der Waals surface area contributed by atoms with Crippen molar-refractivity contribution in [1.82, 2.24) is 10.2 Å². The molecular formula is C38H42FN3O5S. The van der Waals surface area contributed by atoms with Gasteiger partial charge >= 0.3 is 0 Å². The van der Waals surface area contributed by atoms with Gasteiger partial charge in [-0.05, 0) is 85.0 Å². The Morgan fingerprint density at radius 2 is 1.52 bits per heavy atom. The van der Waals surface area contributed by atoms with Gasteiger partial charge in [0.1, 0.15) is 24.2 Å². The zero-order valence-electron chi connectivity index (χ0n) is 27.3. The van der Waals surface area contributed by atoms with E-state index in [2.05, 4.69) is 5.32 Å². The molecule has 0 saturated heterocycles. The largest absolute Gasteiger partial charge is 0.497 e. The monoisotopic (exact) mass is 671 g/mol. The van der Waals surface area contributed by atoms with Gasteiger partial charge in [0, 0.05) is 19.0 Å². The number of rotatable bonds is 13. The molecule has 4 aromatic rings. The number of ether oxygens (including phenoxy) is 1. The van der Waals surface area contributed by atoms with Crippen molar-refractivity contribution in [2.45, 2.75) is 69.0 Å². The van der Waals surface area contributed by atoms with Gasteiger partial charge in [-0.3, -0.25) is 13.9 Å². The second kappa shape index (κ2) is 15.9. The lowest BCUT2D eigenvalue weighted by atomic mass is 9.94. The maximum atomic E-state index is 14.7. The first kappa shape index (κ1) is 34.6. The molecule has 1 N–H and O–H groups in total. The van der Waals surface area contributed by atoms with Crippen LogP contribution < -0.4 is 14.4 Å². The van der Waals surface area contributed by atoms with Gasteiger partial charge in [0.15, 0.2) is 0 Å². The van der Waals surface area contributed by atoms with Crippen LogP contribution in [0.5, 0.6) is 5.75 Å². The molecule has 2 amide bonds. The number of halogens is 1. The van der Waals surface area contributed by atoms with Gasteiger partial charge in [-0.2, -0.15) is 0 Å². The van der Waals surface area contributed by atoms with E-state index in [9.17, 15) is 22.4 Å².